The van der Waals surface area contributed by atoms with Crippen LogP contribution in [0.1, 0.15) is 12.6 Å². The number of amides is 2. The topological polar surface area (TPSA) is 174 Å². The number of aliphatic carboxylic acids is 1. The molecule has 3 heterocycles. The Bertz CT molecular complexity index is 1010. The molecule has 1 saturated heterocycles. The molecule has 12 nitrogen and oxygen atoms in total. The predicted octanol–water partition coefficient (Wildman–Crippen LogP) is -0.684. The molecule has 0 aliphatic carbocycles. The van der Waals surface area contributed by atoms with Crippen LogP contribution in [0.3, 0.4) is 0 Å². The fraction of sp³-hybridized carbons (Fsp3) is 0.333. The standard InChI is InChI=1S/C18H19N5O7S/c1-8(24)30-6-9-7-31-17-13(16(26)23(17)14(9)18(27)28)21-15(25)12(22-29-2)10-4-3-5-11(19)20-10/h3-5,13,17H,6-7H2,1-2H3,(H2,19,20)(H,21,25)(H,27,28)/b22-12-/t13?,17-/m1/s1. The second-order valence-electron chi connectivity index (χ2n) is 6.47. The van der Waals surface area contributed by atoms with E-state index in [1.165, 1.54) is 37.9 Å². The number of esters is 1. The molecule has 0 saturated carbocycles. The van der Waals surface area contributed by atoms with Crippen LogP contribution in [0.5, 0.6) is 0 Å². The molecular formula is C18H19N5O7S. The van der Waals surface area contributed by atoms with Gasteiger partial charge < -0.3 is 25.7 Å². The summed E-state index contributed by atoms with van der Waals surface area (Å²) in [5.74, 6) is -2.85. The van der Waals surface area contributed by atoms with Crippen molar-refractivity contribution in [2.24, 2.45) is 5.16 Å². The van der Waals surface area contributed by atoms with Crippen LogP contribution in [0.4, 0.5) is 5.82 Å². The van der Waals surface area contributed by atoms with Crippen molar-refractivity contribution in [3.8, 4) is 0 Å². The summed E-state index contributed by atoms with van der Waals surface area (Å²) in [6, 6.07) is 3.64. The summed E-state index contributed by atoms with van der Waals surface area (Å²) in [4.78, 5) is 58.1. The van der Waals surface area contributed by atoms with Gasteiger partial charge in [-0.2, -0.15) is 0 Å². The van der Waals surface area contributed by atoms with Gasteiger partial charge in [0.05, 0.1) is 0 Å². The molecule has 2 atom stereocenters. The Hall–Kier alpha value is -3.61. The quantitative estimate of drug-likeness (QED) is 0.209. The first kappa shape index (κ1) is 22.1. The van der Waals surface area contributed by atoms with Gasteiger partial charge in [0, 0.05) is 18.2 Å². The van der Waals surface area contributed by atoms with Gasteiger partial charge in [-0.25, -0.2) is 9.78 Å². The molecule has 1 aromatic heterocycles. The van der Waals surface area contributed by atoms with E-state index in [1.807, 2.05) is 0 Å². The first-order chi connectivity index (χ1) is 14.7. The zero-order chi connectivity index (χ0) is 22.7. The van der Waals surface area contributed by atoms with Crippen LogP contribution in [0.2, 0.25) is 0 Å². The Morgan fingerprint density at radius 1 is 1.42 bits per heavy atom. The van der Waals surface area contributed by atoms with Crippen LogP contribution in [-0.2, 0) is 28.8 Å². The Balaban J connectivity index is 1.79. The number of rotatable bonds is 7. The Morgan fingerprint density at radius 2 is 2.16 bits per heavy atom. The number of carboxylic acids is 1. The van der Waals surface area contributed by atoms with Crippen LogP contribution in [-0.4, -0.2) is 75.3 Å². The van der Waals surface area contributed by atoms with Gasteiger partial charge in [0.1, 0.15) is 42.3 Å². The first-order valence-electron chi connectivity index (χ1n) is 8.92. The average Bonchev–Trinajstić information content (AvgIpc) is 2.73. The van der Waals surface area contributed by atoms with E-state index in [2.05, 4.69) is 15.5 Å². The highest BCUT2D eigenvalue weighted by Gasteiger charge is 2.54. The fourth-order valence-corrected chi connectivity index (χ4v) is 4.40. The van der Waals surface area contributed by atoms with Gasteiger partial charge in [0.25, 0.3) is 11.8 Å². The van der Waals surface area contributed by atoms with Crippen molar-refractivity contribution in [3.63, 3.8) is 0 Å². The van der Waals surface area contributed by atoms with Gasteiger partial charge in [-0.1, -0.05) is 11.2 Å². The number of nitrogens with one attached hydrogen (secondary N) is 1. The SMILES string of the molecule is CO/N=C(\C(=O)NC1C(=O)N2C(C(=O)O)=C(COC(C)=O)CS[C@H]12)c1cccc(N)n1. The number of carboxylic acid groups (broad SMARTS) is 1. The number of β-lactam (4-membered cyclic amide) rings is 1. The van der Waals surface area contributed by atoms with E-state index in [0.29, 0.717) is 5.57 Å². The molecule has 164 valence electrons. The molecule has 0 bridgehead atoms. The van der Waals surface area contributed by atoms with E-state index in [0.717, 1.165) is 4.90 Å². The molecule has 2 amide bonds. The molecule has 0 radical (unpaired) electrons. The molecule has 4 N–H and O–H groups in total. The van der Waals surface area contributed by atoms with Gasteiger partial charge in [-0.15, -0.1) is 11.8 Å². The van der Waals surface area contributed by atoms with Gasteiger partial charge in [0.15, 0.2) is 5.71 Å². The van der Waals surface area contributed by atoms with Gasteiger partial charge >= 0.3 is 11.9 Å². The molecular weight excluding hydrogens is 430 g/mol. The minimum Gasteiger partial charge on any atom is -0.477 e. The molecule has 1 unspecified atom stereocenters. The van der Waals surface area contributed by atoms with Crippen molar-refractivity contribution < 1.29 is 33.9 Å². The van der Waals surface area contributed by atoms with Crippen LogP contribution in [0.15, 0.2) is 34.6 Å². The van der Waals surface area contributed by atoms with E-state index in [4.69, 9.17) is 15.3 Å². The van der Waals surface area contributed by atoms with Crippen molar-refractivity contribution in [1.82, 2.24) is 15.2 Å². The normalized spacial score (nSPS) is 20.5. The molecule has 31 heavy (non-hydrogen) atoms. The number of carbonyl (C=O) groups excluding carboxylic acids is 3. The number of pyridine rings is 1. The molecule has 1 aromatic rings. The van der Waals surface area contributed by atoms with Crippen LogP contribution in [0, 0.1) is 0 Å². The summed E-state index contributed by atoms with van der Waals surface area (Å²) in [6.45, 7) is 0.970. The lowest BCUT2D eigenvalue weighted by atomic mass is 10.0. The van der Waals surface area contributed by atoms with Gasteiger partial charge in [-0.05, 0) is 12.1 Å². The maximum atomic E-state index is 12.8. The number of anilines is 1. The van der Waals surface area contributed by atoms with E-state index in [9.17, 15) is 24.3 Å². The highest BCUT2D eigenvalue weighted by molar-refractivity contribution is 8.00. The molecule has 13 heteroatoms. The number of hydrogen-bond donors (Lipinski definition) is 3. The lowest BCUT2D eigenvalue weighted by Crippen LogP contribution is -2.71. The van der Waals surface area contributed by atoms with Crippen molar-refractivity contribution in [3.05, 3.63) is 35.2 Å². The summed E-state index contributed by atoms with van der Waals surface area (Å²) in [7, 11) is 1.25. The summed E-state index contributed by atoms with van der Waals surface area (Å²) in [5.41, 5.74) is 5.66. The molecule has 1 fully saturated rings. The Morgan fingerprint density at radius 3 is 2.77 bits per heavy atom. The van der Waals surface area contributed by atoms with E-state index >= 15 is 0 Å². The van der Waals surface area contributed by atoms with Gasteiger partial charge in [0.2, 0.25) is 0 Å². The lowest BCUT2D eigenvalue weighted by Gasteiger charge is -2.49. The van der Waals surface area contributed by atoms with E-state index < -0.39 is 35.2 Å². The lowest BCUT2D eigenvalue weighted by molar-refractivity contribution is -0.150. The highest BCUT2D eigenvalue weighted by atomic mass is 32.2. The van der Waals surface area contributed by atoms with Crippen molar-refractivity contribution in [2.75, 3.05) is 25.2 Å². The third kappa shape index (κ3) is 4.45. The largest absolute Gasteiger partial charge is 0.477 e. The number of aromatic nitrogens is 1. The van der Waals surface area contributed by atoms with Crippen LogP contribution in [0.25, 0.3) is 0 Å². The number of fused-ring (bicyclic) bond motifs is 1. The predicted molar refractivity (Wildman–Crippen MR) is 109 cm³/mol. The van der Waals surface area contributed by atoms with E-state index in [1.54, 1.807) is 6.07 Å². The third-order valence-corrected chi connectivity index (χ3v) is 5.74. The maximum absolute atomic E-state index is 12.8. The van der Waals surface area contributed by atoms with Crippen molar-refractivity contribution in [1.29, 1.82) is 0 Å². The monoisotopic (exact) mass is 449 g/mol. The molecule has 2 aliphatic heterocycles. The highest BCUT2D eigenvalue weighted by Crippen LogP contribution is 2.40. The number of nitrogens with two attached hydrogens (primary N) is 1. The molecule has 3 rings (SSSR count). The molecule has 0 aromatic carbocycles. The number of oxime groups is 1. The zero-order valence-electron chi connectivity index (χ0n) is 16.5. The zero-order valence-corrected chi connectivity index (χ0v) is 17.3. The molecule has 2 aliphatic rings. The smallest absolute Gasteiger partial charge is 0.352 e. The minimum atomic E-state index is -1.32. The summed E-state index contributed by atoms with van der Waals surface area (Å²) in [6.07, 6.45) is 0. The number of ether oxygens (including phenoxy) is 1. The van der Waals surface area contributed by atoms with Crippen molar-refractivity contribution >= 4 is 47.0 Å². The second-order valence-corrected chi connectivity index (χ2v) is 7.57. The second kappa shape index (κ2) is 9.04. The number of thioether (sulfide) groups is 1. The fourth-order valence-electron chi connectivity index (χ4n) is 3.07. The maximum Gasteiger partial charge on any atom is 0.352 e. The summed E-state index contributed by atoms with van der Waals surface area (Å²) >= 11 is 1.24. The van der Waals surface area contributed by atoms with E-state index in [-0.39, 0.29) is 35.3 Å². The number of nitrogens with zero attached hydrogens (tertiary/aromatic N) is 3. The molecule has 0 spiro atoms. The number of carbonyl (C=O) groups is 4. The first-order valence-corrected chi connectivity index (χ1v) is 9.97. The van der Waals surface area contributed by atoms with Gasteiger partial charge in [-0.3, -0.25) is 19.3 Å². The number of hydrogen-bond acceptors (Lipinski definition) is 10. The number of nitrogen functional groups attached to an aromatic ring is 1. The van der Waals surface area contributed by atoms with Crippen molar-refractivity contribution in [2.45, 2.75) is 18.3 Å². The van der Waals surface area contributed by atoms with Crippen LogP contribution >= 0.6 is 11.8 Å². The summed E-state index contributed by atoms with van der Waals surface area (Å²) < 4.78 is 4.89. The third-order valence-electron chi connectivity index (χ3n) is 4.40. The Labute approximate surface area is 180 Å². The average molecular weight is 449 g/mol. The van der Waals surface area contributed by atoms with Crippen LogP contribution < -0.4 is 11.1 Å². The minimum absolute atomic E-state index is 0.147. The Kier molecular flexibility index (Phi) is 6.44. The summed E-state index contributed by atoms with van der Waals surface area (Å²) in [5, 5.41) is 15.2.